The van der Waals surface area contributed by atoms with E-state index in [9.17, 15) is 14.0 Å². The number of rotatable bonds is 4. The summed E-state index contributed by atoms with van der Waals surface area (Å²) < 4.78 is 19.3. The molecule has 1 aliphatic rings. The number of benzene rings is 1. The molecule has 0 atom stereocenters. The highest BCUT2D eigenvalue weighted by Gasteiger charge is 2.26. The normalized spacial score (nSPS) is 15.9. The van der Waals surface area contributed by atoms with Crippen molar-refractivity contribution in [1.82, 2.24) is 4.90 Å². The quantitative estimate of drug-likeness (QED) is 0.924. The van der Waals surface area contributed by atoms with Crippen molar-refractivity contribution in [2.45, 2.75) is 32.8 Å². The zero-order valence-corrected chi connectivity index (χ0v) is 12.8. The second kappa shape index (κ2) is 6.77. The van der Waals surface area contributed by atoms with Gasteiger partial charge in [-0.1, -0.05) is 0 Å². The van der Waals surface area contributed by atoms with Gasteiger partial charge in [0, 0.05) is 24.6 Å². The number of hydrogen-bond acceptors (Lipinski definition) is 3. The Kier molecular flexibility index (Phi) is 5.00. The summed E-state index contributed by atoms with van der Waals surface area (Å²) in [4.78, 5) is 25.1. The van der Waals surface area contributed by atoms with E-state index < -0.39 is 5.82 Å². The lowest BCUT2D eigenvalue weighted by atomic mass is 9.96. The molecule has 1 aromatic carbocycles. The summed E-state index contributed by atoms with van der Waals surface area (Å²) >= 11 is 0. The van der Waals surface area contributed by atoms with Gasteiger partial charge in [-0.3, -0.25) is 9.59 Å². The number of hydrogen-bond donors (Lipinski definition) is 1. The minimum absolute atomic E-state index is 0.135. The molecule has 2 N–H and O–H groups in total. The van der Waals surface area contributed by atoms with Crippen molar-refractivity contribution in [3.8, 4) is 5.75 Å². The van der Waals surface area contributed by atoms with Crippen molar-refractivity contribution in [1.29, 1.82) is 0 Å². The van der Waals surface area contributed by atoms with Crippen LogP contribution < -0.4 is 10.5 Å². The summed E-state index contributed by atoms with van der Waals surface area (Å²) in [5, 5.41) is 0. The fourth-order valence-electron chi connectivity index (χ4n) is 2.53. The summed E-state index contributed by atoms with van der Waals surface area (Å²) in [6.45, 7) is 4.53. The molecule has 1 aliphatic heterocycles. The Morgan fingerprint density at radius 2 is 1.95 bits per heavy atom. The maximum absolute atomic E-state index is 13.9. The van der Waals surface area contributed by atoms with E-state index in [1.54, 1.807) is 24.8 Å². The zero-order valence-electron chi connectivity index (χ0n) is 12.8. The van der Waals surface area contributed by atoms with Gasteiger partial charge in [-0.05, 0) is 44.9 Å². The number of nitrogens with two attached hydrogens (primary N) is 1. The van der Waals surface area contributed by atoms with Crippen LogP contribution in [0.25, 0.3) is 0 Å². The number of primary amides is 1. The molecule has 0 spiro atoms. The monoisotopic (exact) mass is 308 g/mol. The van der Waals surface area contributed by atoms with Crippen LogP contribution in [0, 0.1) is 11.7 Å². The zero-order chi connectivity index (χ0) is 16.3. The predicted octanol–water partition coefficient (Wildman–Crippen LogP) is 1.95. The molecule has 22 heavy (non-hydrogen) atoms. The Labute approximate surface area is 129 Å². The van der Waals surface area contributed by atoms with Gasteiger partial charge in [0.15, 0.2) is 11.6 Å². The van der Waals surface area contributed by atoms with E-state index >= 15 is 0 Å². The van der Waals surface area contributed by atoms with Gasteiger partial charge in [0.1, 0.15) is 0 Å². The Bertz CT molecular complexity index is 567. The van der Waals surface area contributed by atoms with Crippen LogP contribution in [-0.2, 0) is 4.79 Å². The van der Waals surface area contributed by atoms with Gasteiger partial charge >= 0.3 is 0 Å². The molecular formula is C16H21FN2O3. The summed E-state index contributed by atoms with van der Waals surface area (Å²) in [6, 6.07) is 4.22. The minimum atomic E-state index is -0.549. The molecule has 0 radical (unpaired) electrons. The van der Waals surface area contributed by atoms with Gasteiger partial charge in [0.25, 0.3) is 5.91 Å². The standard InChI is InChI=1S/C16H21FN2O3/c1-10(2)22-14-4-3-12(9-13(14)17)16(21)19-7-5-11(6-8-19)15(18)20/h3-4,9-11H,5-8H2,1-2H3,(H2,18,20). The van der Waals surface area contributed by atoms with Gasteiger partial charge in [-0.25, -0.2) is 4.39 Å². The van der Waals surface area contributed by atoms with Crippen LogP contribution in [0.1, 0.15) is 37.0 Å². The molecule has 1 aromatic rings. The van der Waals surface area contributed by atoms with Gasteiger partial charge in [-0.15, -0.1) is 0 Å². The van der Waals surface area contributed by atoms with E-state index in [0.717, 1.165) is 0 Å². The number of amides is 2. The largest absolute Gasteiger partial charge is 0.488 e. The molecule has 1 heterocycles. The molecule has 6 heteroatoms. The average Bonchev–Trinajstić information content (AvgIpc) is 2.48. The summed E-state index contributed by atoms with van der Waals surface area (Å²) in [6.07, 6.45) is 0.972. The Hall–Kier alpha value is -2.11. The van der Waals surface area contributed by atoms with E-state index in [1.807, 2.05) is 0 Å². The lowest BCUT2D eigenvalue weighted by molar-refractivity contribution is -0.123. The first-order valence-electron chi connectivity index (χ1n) is 7.43. The molecule has 1 fully saturated rings. The third-order valence-electron chi connectivity index (χ3n) is 3.73. The van der Waals surface area contributed by atoms with E-state index in [-0.39, 0.29) is 35.1 Å². The molecular weight excluding hydrogens is 287 g/mol. The smallest absolute Gasteiger partial charge is 0.253 e. The number of ether oxygens (including phenoxy) is 1. The highest BCUT2D eigenvalue weighted by molar-refractivity contribution is 5.94. The van der Waals surface area contributed by atoms with Crippen molar-refractivity contribution in [2.75, 3.05) is 13.1 Å². The Morgan fingerprint density at radius 1 is 1.32 bits per heavy atom. The Morgan fingerprint density at radius 3 is 2.45 bits per heavy atom. The van der Waals surface area contributed by atoms with Crippen LogP contribution in [0.4, 0.5) is 4.39 Å². The van der Waals surface area contributed by atoms with Crippen LogP contribution in [0.2, 0.25) is 0 Å². The van der Waals surface area contributed by atoms with E-state index in [4.69, 9.17) is 10.5 Å². The molecule has 0 aromatic heterocycles. The van der Waals surface area contributed by atoms with Crippen molar-refractivity contribution in [3.63, 3.8) is 0 Å². The topological polar surface area (TPSA) is 72.6 Å². The number of carbonyl (C=O) groups excluding carboxylic acids is 2. The fourth-order valence-corrected chi connectivity index (χ4v) is 2.53. The molecule has 1 saturated heterocycles. The maximum atomic E-state index is 13.9. The van der Waals surface area contributed by atoms with Crippen LogP contribution in [-0.4, -0.2) is 35.9 Å². The van der Waals surface area contributed by atoms with E-state index in [1.165, 1.54) is 12.1 Å². The first-order valence-corrected chi connectivity index (χ1v) is 7.43. The summed E-state index contributed by atoms with van der Waals surface area (Å²) in [5.41, 5.74) is 5.55. The first kappa shape index (κ1) is 16.3. The summed E-state index contributed by atoms with van der Waals surface area (Å²) in [7, 11) is 0. The molecule has 2 amide bonds. The molecule has 0 saturated carbocycles. The molecule has 120 valence electrons. The number of piperidine rings is 1. The highest BCUT2D eigenvalue weighted by Crippen LogP contribution is 2.23. The van der Waals surface area contributed by atoms with Gasteiger partial charge in [-0.2, -0.15) is 0 Å². The lowest BCUT2D eigenvalue weighted by Gasteiger charge is -2.30. The fraction of sp³-hybridized carbons (Fsp3) is 0.500. The van der Waals surface area contributed by atoms with Gasteiger partial charge in [0.05, 0.1) is 6.10 Å². The molecule has 0 aliphatic carbocycles. The summed E-state index contributed by atoms with van der Waals surface area (Å²) in [5.74, 6) is -1.15. The van der Waals surface area contributed by atoms with E-state index in [2.05, 4.69) is 0 Å². The third kappa shape index (κ3) is 3.75. The molecule has 0 unspecified atom stereocenters. The lowest BCUT2D eigenvalue weighted by Crippen LogP contribution is -2.41. The number of nitrogens with zero attached hydrogens (tertiary/aromatic N) is 1. The predicted molar refractivity (Wildman–Crippen MR) is 80.0 cm³/mol. The van der Waals surface area contributed by atoms with E-state index in [0.29, 0.717) is 25.9 Å². The number of likely N-dealkylation sites (tertiary alicyclic amines) is 1. The number of carbonyl (C=O) groups is 2. The van der Waals surface area contributed by atoms with Gasteiger partial charge < -0.3 is 15.4 Å². The minimum Gasteiger partial charge on any atom is -0.488 e. The highest BCUT2D eigenvalue weighted by atomic mass is 19.1. The maximum Gasteiger partial charge on any atom is 0.253 e. The van der Waals surface area contributed by atoms with Crippen LogP contribution in [0.3, 0.4) is 0 Å². The Balaban J connectivity index is 2.04. The van der Waals surface area contributed by atoms with Crippen molar-refractivity contribution in [3.05, 3.63) is 29.6 Å². The van der Waals surface area contributed by atoms with Crippen molar-refractivity contribution >= 4 is 11.8 Å². The van der Waals surface area contributed by atoms with Crippen LogP contribution in [0.5, 0.6) is 5.75 Å². The SMILES string of the molecule is CC(C)Oc1ccc(C(=O)N2CCC(C(N)=O)CC2)cc1F. The molecule has 5 nitrogen and oxygen atoms in total. The van der Waals surface area contributed by atoms with Crippen molar-refractivity contribution < 1.29 is 18.7 Å². The van der Waals surface area contributed by atoms with Gasteiger partial charge in [0.2, 0.25) is 5.91 Å². The van der Waals surface area contributed by atoms with Crippen LogP contribution in [0.15, 0.2) is 18.2 Å². The van der Waals surface area contributed by atoms with Crippen molar-refractivity contribution in [2.24, 2.45) is 11.7 Å². The average molecular weight is 308 g/mol. The first-order chi connectivity index (χ1) is 10.4. The second-order valence-corrected chi connectivity index (χ2v) is 5.78. The van der Waals surface area contributed by atoms with Crippen LogP contribution >= 0.6 is 0 Å². The second-order valence-electron chi connectivity index (χ2n) is 5.78. The molecule has 0 bridgehead atoms. The molecule has 2 rings (SSSR count). The third-order valence-corrected chi connectivity index (χ3v) is 3.73. The number of halogens is 1.